The molecule has 0 unspecified atom stereocenters. The number of aromatic amines is 1. The third-order valence-corrected chi connectivity index (χ3v) is 4.56. The van der Waals surface area contributed by atoms with Gasteiger partial charge in [-0.2, -0.15) is 0 Å². The Balaban J connectivity index is 1.80. The minimum Gasteiger partial charge on any atom is -0.337 e. The molecule has 20 heavy (non-hydrogen) atoms. The number of carbonyl (C=O) groups excluding carboxylic acids is 1. The molecule has 1 aromatic heterocycles. The Morgan fingerprint density at radius 2 is 2.10 bits per heavy atom. The minimum atomic E-state index is -0.297. The Hall–Kier alpha value is -1.62. The number of amides is 1. The van der Waals surface area contributed by atoms with Crippen molar-refractivity contribution in [2.75, 3.05) is 27.2 Å². The standard InChI is InChI=1S/C15H21N3O2/c1-17(2)13-9-18(8-12(13)10-5-6-10)15(20)11-4-3-7-16-14(11)19/h3-4,7,10,12-13H,5-6,8-9H2,1-2H3,(H,16,19)/t12-,13+/m0/s1. The van der Waals surface area contributed by atoms with Gasteiger partial charge in [0, 0.05) is 25.3 Å². The zero-order valence-corrected chi connectivity index (χ0v) is 12.0. The number of hydrogen-bond donors (Lipinski definition) is 1. The number of likely N-dealkylation sites (tertiary alicyclic amines) is 1. The van der Waals surface area contributed by atoms with Crippen molar-refractivity contribution < 1.29 is 4.79 Å². The maximum atomic E-state index is 12.5. The van der Waals surface area contributed by atoms with Crippen molar-refractivity contribution in [3.05, 3.63) is 34.2 Å². The third kappa shape index (κ3) is 2.38. The van der Waals surface area contributed by atoms with Gasteiger partial charge < -0.3 is 14.8 Å². The van der Waals surface area contributed by atoms with Crippen LogP contribution in [0.1, 0.15) is 23.2 Å². The lowest BCUT2D eigenvalue weighted by Crippen LogP contribution is -2.37. The second-order valence-electron chi connectivity index (χ2n) is 6.16. The van der Waals surface area contributed by atoms with Crippen molar-refractivity contribution in [1.82, 2.24) is 14.8 Å². The first-order valence-corrected chi connectivity index (χ1v) is 7.21. The van der Waals surface area contributed by atoms with E-state index in [1.54, 1.807) is 18.3 Å². The molecule has 3 rings (SSSR count). The van der Waals surface area contributed by atoms with E-state index >= 15 is 0 Å². The molecule has 1 aliphatic heterocycles. The normalized spacial score (nSPS) is 26.2. The second-order valence-corrected chi connectivity index (χ2v) is 6.16. The van der Waals surface area contributed by atoms with Crippen molar-refractivity contribution in [3.63, 3.8) is 0 Å². The maximum Gasteiger partial charge on any atom is 0.260 e. The predicted molar refractivity (Wildman–Crippen MR) is 76.7 cm³/mol. The average molecular weight is 275 g/mol. The van der Waals surface area contributed by atoms with Gasteiger partial charge in [-0.15, -0.1) is 0 Å². The number of nitrogens with one attached hydrogen (secondary N) is 1. The fourth-order valence-corrected chi connectivity index (χ4v) is 3.27. The van der Waals surface area contributed by atoms with Gasteiger partial charge in [0.15, 0.2) is 0 Å². The van der Waals surface area contributed by atoms with Crippen LogP contribution in [0.4, 0.5) is 0 Å². The van der Waals surface area contributed by atoms with E-state index in [9.17, 15) is 9.59 Å². The Bertz CT molecular complexity index is 552. The van der Waals surface area contributed by atoms with Gasteiger partial charge in [0.1, 0.15) is 5.56 Å². The van der Waals surface area contributed by atoms with Gasteiger partial charge in [-0.3, -0.25) is 9.59 Å². The molecule has 0 radical (unpaired) electrons. The highest BCUT2D eigenvalue weighted by Gasteiger charge is 2.44. The van der Waals surface area contributed by atoms with Gasteiger partial charge in [-0.25, -0.2) is 0 Å². The summed E-state index contributed by atoms with van der Waals surface area (Å²) < 4.78 is 0. The number of likely N-dealkylation sites (N-methyl/N-ethyl adjacent to an activating group) is 1. The van der Waals surface area contributed by atoms with E-state index in [1.165, 1.54) is 12.8 Å². The number of nitrogens with zero attached hydrogens (tertiary/aromatic N) is 2. The van der Waals surface area contributed by atoms with Crippen LogP contribution in [0.2, 0.25) is 0 Å². The summed E-state index contributed by atoms with van der Waals surface area (Å²) in [5.74, 6) is 1.17. The maximum absolute atomic E-state index is 12.5. The van der Waals surface area contributed by atoms with Gasteiger partial charge >= 0.3 is 0 Å². The topological polar surface area (TPSA) is 56.4 Å². The molecule has 2 heterocycles. The number of H-pyrrole nitrogens is 1. The highest BCUT2D eigenvalue weighted by Crippen LogP contribution is 2.42. The first kappa shape index (κ1) is 13.4. The lowest BCUT2D eigenvalue weighted by Gasteiger charge is -2.24. The van der Waals surface area contributed by atoms with E-state index in [0.29, 0.717) is 12.0 Å². The van der Waals surface area contributed by atoms with Crippen LogP contribution >= 0.6 is 0 Å². The van der Waals surface area contributed by atoms with Crippen molar-refractivity contribution in [2.24, 2.45) is 11.8 Å². The summed E-state index contributed by atoms with van der Waals surface area (Å²) in [4.78, 5) is 30.9. The van der Waals surface area contributed by atoms with E-state index in [2.05, 4.69) is 24.0 Å². The van der Waals surface area contributed by atoms with Crippen LogP contribution in [0.5, 0.6) is 0 Å². The summed E-state index contributed by atoms with van der Waals surface area (Å²) >= 11 is 0. The summed E-state index contributed by atoms with van der Waals surface area (Å²) in [5, 5.41) is 0. The summed E-state index contributed by atoms with van der Waals surface area (Å²) in [6.45, 7) is 1.50. The van der Waals surface area contributed by atoms with Gasteiger partial charge in [-0.05, 0) is 50.9 Å². The monoisotopic (exact) mass is 275 g/mol. The van der Waals surface area contributed by atoms with E-state index in [0.717, 1.165) is 19.0 Å². The first-order chi connectivity index (χ1) is 9.58. The molecule has 1 amide bonds. The largest absolute Gasteiger partial charge is 0.337 e. The van der Waals surface area contributed by atoms with Crippen molar-refractivity contribution in [2.45, 2.75) is 18.9 Å². The molecule has 2 atom stereocenters. The van der Waals surface area contributed by atoms with Crippen molar-refractivity contribution >= 4 is 5.91 Å². The molecular formula is C15H21N3O2. The minimum absolute atomic E-state index is 0.137. The molecule has 2 fully saturated rings. The summed E-state index contributed by atoms with van der Waals surface area (Å²) in [6.07, 6.45) is 4.12. The number of rotatable bonds is 3. The predicted octanol–water partition coefficient (Wildman–Crippen LogP) is 0.787. The molecular weight excluding hydrogens is 254 g/mol. The molecule has 0 bridgehead atoms. The van der Waals surface area contributed by atoms with Crippen LogP contribution in [-0.4, -0.2) is 53.9 Å². The van der Waals surface area contributed by atoms with Gasteiger partial charge in [0.2, 0.25) is 0 Å². The summed E-state index contributed by atoms with van der Waals surface area (Å²) in [6, 6.07) is 3.72. The zero-order chi connectivity index (χ0) is 14.3. The van der Waals surface area contributed by atoms with Crippen LogP contribution in [-0.2, 0) is 0 Å². The number of aromatic nitrogens is 1. The molecule has 1 aliphatic carbocycles. The molecule has 1 N–H and O–H groups in total. The first-order valence-electron chi connectivity index (χ1n) is 7.21. The number of hydrogen-bond acceptors (Lipinski definition) is 3. The molecule has 1 saturated heterocycles. The fourth-order valence-electron chi connectivity index (χ4n) is 3.27. The van der Waals surface area contributed by atoms with E-state index in [-0.39, 0.29) is 17.0 Å². The Morgan fingerprint density at radius 1 is 1.35 bits per heavy atom. The lowest BCUT2D eigenvalue weighted by molar-refractivity contribution is 0.0778. The number of carbonyl (C=O) groups is 1. The van der Waals surface area contributed by atoms with Crippen LogP contribution in [0.25, 0.3) is 0 Å². The highest BCUT2D eigenvalue weighted by atomic mass is 16.2. The molecule has 1 aromatic rings. The molecule has 0 aromatic carbocycles. The molecule has 2 aliphatic rings. The summed E-state index contributed by atoms with van der Waals surface area (Å²) in [7, 11) is 4.15. The molecule has 0 spiro atoms. The van der Waals surface area contributed by atoms with Crippen LogP contribution in [0.3, 0.4) is 0 Å². The lowest BCUT2D eigenvalue weighted by atomic mass is 9.97. The van der Waals surface area contributed by atoms with Gasteiger partial charge in [0.25, 0.3) is 11.5 Å². The molecule has 5 heteroatoms. The van der Waals surface area contributed by atoms with E-state index in [1.807, 2.05) is 4.90 Å². The van der Waals surface area contributed by atoms with Gasteiger partial charge in [-0.1, -0.05) is 0 Å². The van der Waals surface area contributed by atoms with E-state index < -0.39 is 0 Å². The number of pyridine rings is 1. The van der Waals surface area contributed by atoms with Gasteiger partial charge in [0.05, 0.1) is 0 Å². The Labute approximate surface area is 118 Å². The zero-order valence-electron chi connectivity index (χ0n) is 12.0. The Morgan fingerprint density at radius 3 is 2.70 bits per heavy atom. The molecule has 1 saturated carbocycles. The van der Waals surface area contributed by atoms with Crippen LogP contribution in [0, 0.1) is 11.8 Å². The second kappa shape index (κ2) is 5.05. The van der Waals surface area contributed by atoms with Crippen molar-refractivity contribution in [3.8, 4) is 0 Å². The highest BCUT2D eigenvalue weighted by molar-refractivity contribution is 5.94. The molecule has 5 nitrogen and oxygen atoms in total. The fraction of sp³-hybridized carbons (Fsp3) is 0.600. The SMILES string of the molecule is CN(C)[C@@H]1CN(C(=O)c2ccc[nH]c2=O)C[C@H]1C1CC1. The van der Waals surface area contributed by atoms with E-state index in [4.69, 9.17) is 0 Å². The average Bonchev–Trinajstić information content (AvgIpc) is 3.17. The Kier molecular flexibility index (Phi) is 3.38. The molecule has 108 valence electrons. The van der Waals surface area contributed by atoms with Crippen LogP contribution < -0.4 is 5.56 Å². The summed E-state index contributed by atoms with van der Waals surface area (Å²) in [5.41, 5.74) is -0.0461. The third-order valence-electron chi connectivity index (χ3n) is 4.56. The van der Waals surface area contributed by atoms with Crippen LogP contribution in [0.15, 0.2) is 23.1 Å². The quantitative estimate of drug-likeness (QED) is 0.887. The van der Waals surface area contributed by atoms with Crippen molar-refractivity contribution in [1.29, 1.82) is 0 Å². The smallest absolute Gasteiger partial charge is 0.260 e.